The summed E-state index contributed by atoms with van der Waals surface area (Å²) in [4.78, 5) is 16.5. The molecule has 0 aliphatic heterocycles. The van der Waals surface area contributed by atoms with Crippen LogP contribution < -0.4 is 10.1 Å². The molecule has 1 aromatic carbocycles. The molecule has 1 amide bonds. The van der Waals surface area contributed by atoms with Gasteiger partial charge in [0.2, 0.25) is 5.88 Å². The largest absolute Gasteiger partial charge is 0.475 e. The van der Waals surface area contributed by atoms with Crippen LogP contribution in [0.15, 0.2) is 48.7 Å². The molecule has 1 aromatic heterocycles. The predicted molar refractivity (Wildman–Crippen MR) is 88.4 cm³/mol. The maximum Gasteiger partial charge on any atom is 0.252 e. The fraction of sp³-hybridized carbons (Fsp3) is 0.333. The zero-order valence-corrected chi connectivity index (χ0v) is 13.4. The van der Waals surface area contributed by atoms with E-state index in [4.69, 9.17) is 4.74 Å². The number of pyridine rings is 1. The van der Waals surface area contributed by atoms with E-state index in [0.717, 1.165) is 12.0 Å². The van der Waals surface area contributed by atoms with Crippen LogP contribution in [0.5, 0.6) is 5.88 Å². The fourth-order valence-electron chi connectivity index (χ4n) is 2.07. The molecular weight excluding hydrogens is 292 g/mol. The molecule has 5 nitrogen and oxygen atoms in total. The van der Waals surface area contributed by atoms with E-state index in [0.29, 0.717) is 11.4 Å². The van der Waals surface area contributed by atoms with Gasteiger partial charge in [-0.2, -0.15) is 0 Å². The minimum absolute atomic E-state index is 0.0373. The summed E-state index contributed by atoms with van der Waals surface area (Å²) < 4.78 is 5.63. The third-order valence-corrected chi connectivity index (χ3v) is 3.58. The Morgan fingerprint density at radius 1 is 1.30 bits per heavy atom. The number of aliphatic hydroxyl groups excluding tert-OH is 1. The van der Waals surface area contributed by atoms with E-state index in [1.807, 2.05) is 44.2 Å². The highest BCUT2D eigenvalue weighted by Gasteiger charge is 2.15. The molecule has 2 unspecified atom stereocenters. The van der Waals surface area contributed by atoms with Gasteiger partial charge in [0.05, 0.1) is 18.8 Å². The van der Waals surface area contributed by atoms with E-state index in [2.05, 4.69) is 10.3 Å². The van der Waals surface area contributed by atoms with Crippen molar-refractivity contribution in [3.63, 3.8) is 0 Å². The Bertz CT molecular complexity index is 631. The Hall–Kier alpha value is -2.40. The number of carbonyl (C=O) groups is 1. The van der Waals surface area contributed by atoms with Crippen LogP contribution in [0.4, 0.5) is 0 Å². The Morgan fingerprint density at radius 2 is 2.04 bits per heavy atom. The molecule has 122 valence electrons. The van der Waals surface area contributed by atoms with Gasteiger partial charge in [0.15, 0.2) is 0 Å². The predicted octanol–water partition coefficient (Wildman–Crippen LogP) is 2.72. The van der Waals surface area contributed by atoms with Crippen LogP contribution in [0.2, 0.25) is 0 Å². The Balaban J connectivity index is 2.09. The zero-order valence-electron chi connectivity index (χ0n) is 13.4. The van der Waals surface area contributed by atoms with E-state index in [1.165, 1.54) is 0 Å². The number of benzene rings is 1. The van der Waals surface area contributed by atoms with Crippen molar-refractivity contribution >= 4 is 5.91 Å². The zero-order chi connectivity index (χ0) is 16.7. The third-order valence-electron chi connectivity index (χ3n) is 3.58. The number of aliphatic hydroxyl groups is 1. The van der Waals surface area contributed by atoms with E-state index < -0.39 is 6.04 Å². The first-order valence-corrected chi connectivity index (χ1v) is 7.73. The standard InChI is InChI=1S/C18H22N2O3/c1-3-13(2)23-17-11-15(9-10-19-17)18(22)20-16(12-21)14-7-5-4-6-8-14/h4-11,13,16,21H,3,12H2,1-2H3,(H,20,22). The first-order valence-electron chi connectivity index (χ1n) is 7.73. The summed E-state index contributed by atoms with van der Waals surface area (Å²) in [5.74, 6) is 0.150. The molecule has 2 rings (SSSR count). The maximum absolute atomic E-state index is 12.4. The molecule has 0 fully saturated rings. The maximum atomic E-state index is 12.4. The number of rotatable bonds is 7. The highest BCUT2D eigenvalue weighted by Crippen LogP contribution is 2.15. The second kappa shape index (κ2) is 8.29. The first kappa shape index (κ1) is 17.0. The van der Waals surface area contributed by atoms with Gasteiger partial charge in [-0.3, -0.25) is 4.79 Å². The monoisotopic (exact) mass is 314 g/mol. The molecule has 23 heavy (non-hydrogen) atoms. The summed E-state index contributed by atoms with van der Waals surface area (Å²) in [6, 6.07) is 12.1. The van der Waals surface area contributed by atoms with Crippen molar-refractivity contribution < 1.29 is 14.6 Å². The van der Waals surface area contributed by atoms with Crippen LogP contribution in [-0.4, -0.2) is 28.7 Å². The lowest BCUT2D eigenvalue weighted by atomic mass is 10.1. The number of aromatic nitrogens is 1. The minimum atomic E-state index is -0.448. The summed E-state index contributed by atoms with van der Waals surface area (Å²) in [6.45, 7) is 3.80. The molecule has 0 radical (unpaired) electrons. The van der Waals surface area contributed by atoms with Gasteiger partial charge in [-0.05, 0) is 25.0 Å². The number of carbonyl (C=O) groups excluding carboxylic acids is 1. The number of hydrogen-bond acceptors (Lipinski definition) is 4. The molecule has 5 heteroatoms. The molecule has 0 aliphatic rings. The number of ether oxygens (including phenoxy) is 1. The first-order chi connectivity index (χ1) is 11.1. The van der Waals surface area contributed by atoms with Crippen molar-refractivity contribution in [1.82, 2.24) is 10.3 Å². The molecule has 0 aliphatic carbocycles. The van der Waals surface area contributed by atoms with E-state index >= 15 is 0 Å². The molecule has 0 saturated heterocycles. The summed E-state index contributed by atoms with van der Waals surface area (Å²) in [7, 11) is 0. The lowest BCUT2D eigenvalue weighted by molar-refractivity contribution is 0.0915. The fourth-order valence-corrected chi connectivity index (χ4v) is 2.07. The van der Waals surface area contributed by atoms with Crippen molar-refractivity contribution in [2.75, 3.05) is 6.61 Å². The van der Waals surface area contributed by atoms with Gasteiger partial charge in [-0.25, -0.2) is 4.98 Å². The van der Waals surface area contributed by atoms with Gasteiger partial charge < -0.3 is 15.2 Å². The lowest BCUT2D eigenvalue weighted by Gasteiger charge is -2.17. The van der Waals surface area contributed by atoms with Gasteiger partial charge in [0.1, 0.15) is 0 Å². The van der Waals surface area contributed by atoms with Crippen molar-refractivity contribution in [3.05, 3.63) is 59.8 Å². The van der Waals surface area contributed by atoms with Gasteiger partial charge in [-0.15, -0.1) is 0 Å². The second-order valence-electron chi connectivity index (χ2n) is 5.34. The smallest absolute Gasteiger partial charge is 0.252 e. The van der Waals surface area contributed by atoms with E-state index in [9.17, 15) is 9.90 Å². The second-order valence-corrected chi connectivity index (χ2v) is 5.34. The Morgan fingerprint density at radius 3 is 2.70 bits per heavy atom. The molecule has 0 saturated carbocycles. The molecule has 0 spiro atoms. The van der Waals surface area contributed by atoms with Gasteiger partial charge >= 0.3 is 0 Å². The number of hydrogen-bond donors (Lipinski definition) is 2. The van der Waals surface area contributed by atoms with E-state index in [1.54, 1.807) is 18.3 Å². The Kier molecular flexibility index (Phi) is 6.11. The van der Waals surface area contributed by atoms with Crippen LogP contribution in [0.1, 0.15) is 42.2 Å². The summed E-state index contributed by atoms with van der Waals surface area (Å²) in [6.07, 6.45) is 2.44. The van der Waals surface area contributed by atoms with E-state index in [-0.39, 0.29) is 18.6 Å². The third kappa shape index (κ3) is 4.79. The highest BCUT2D eigenvalue weighted by atomic mass is 16.5. The van der Waals surface area contributed by atoms with Crippen molar-refractivity contribution in [2.45, 2.75) is 32.4 Å². The number of nitrogens with zero attached hydrogens (tertiary/aromatic N) is 1. The number of amides is 1. The average molecular weight is 314 g/mol. The van der Waals surface area contributed by atoms with Crippen LogP contribution in [-0.2, 0) is 0 Å². The number of nitrogens with one attached hydrogen (secondary N) is 1. The normalized spacial score (nSPS) is 13.2. The minimum Gasteiger partial charge on any atom is -0.475 e. The van der Waals surface area contributed by atoms with Crippen LogP contribution >= 0.6 is 0 Å². The van der Waals surface area contributed by atoms with Crippen LogP contribution in [0.25, 0.3) is 0 Å². The molecule has 2 aromatic rings. The SMILES string of the molecule is CCC(C)Oc1cc(C(=O)NC(CO)c2ccccc2)ccn1. The summed E-state index contributed by atoms with van der Waals surface area (Å²) >= 11 is 0. The molecule has 1 heterocycles. The van der Waals surface area contributed by atoms with Gasteiger partial charge in [0, 0.05) is 17.8 Å². The molecular formula is C18H22N2O3. The Labute approximate surface area is 136 Å². The summed E-state index contributed by atoms with van der Waals surface area (Å²) in [5.41, 5.74) is 1.31. The lowest BCUT2D eigenvalue weighted by Crippen LogP contribution is -2.30. The molecule has 2 atom stereocenters. The van der Waals surface area contributed by atoms with Crippen molar-refractivity contribution in [2.24, 2.45) is 0 Å². The average Bonchev–Trinajstić information content (AvgIpc) is 2.60. The quantitative estimate of drug-likeness (QED) is 0.824. The van der Waals surface area contributed by atoms with Crippen molar-refractivity contribution in [1.29, 1.82) is 0 Å². The summed E-state index contributed by atoms with van der Waals surface area (Å²) in [5, 5.41) is 12.4. The van der Waals surface area contributed by atoms with Gasteiger partial charge in [0.25, 0.3) is 5.91 Å². The van der Waals surface area contributed by atoms with Crippen LogP contribution in [0.3, 0.4) is 0 Å². The van der Waals surface area contributed by atoms with Crippen LogP contribution in [0, 0.1) is 0 Å². The highest BCUT2D eigenvalue weighted by molar-refractivity contribution is 5.94. The molecule has 2 N–H and O–H groups in total. The topological polar surface area (TPSA) is 71.5 Å². The van der Waals surface area contributed by atoms with Crippen molar-refractivity contribution in [3.8, 4) is 5.88 Å². The van der Waals surface area contributed by atoms with Gasteiger partial charge in [-0.1, -0.05) is 37.3 Å². The molecule has 0 bridgehead atoms.